The van der Waals surface area contributed by atoms with Gasteiger partial charge in [0.05, 0.1) is 0 Å². The molecule has 0 unspecified atom stereocenters. The first-order valence-corrected chi connectivity index (χ1v) is 3.70. The highest BCUT2D eigenvalue weighted by Gasteiger charge is 2.23. The van der Waals surface area contributed by atoms with E-state index in [1.54, 1.807) is 13.8 Å². The third-order valence-corrected chi connectivity index (χ3v) is 1.42. The number of halogens is 2. The molecule has 0 aromatic rings. The summed E-state index contributed by atoms with van der Waals surface area (Å²) in [5.41, 5.74) is 0. The van der Waals surface area contributed by atoms with Gasteiger partial charge in [0.25, 0.3) is 5.91 Å². The fourth-order valence-electron chi connectivity index (χ4n) is 0.820. The minimum Gasteiger partial charge on any atom is -0.332 e. The number of carbonyl (C=O) groups excluding carboxylic acids is 1. The van der Waals surface area contributed by atoms with Crippen LogP contribution >= 0.6 is 0 Å². The maximum atomic E-state index is 11.9. The highest BCUT2D eigenvalue weighted by atomic mass is 19.3. The van der Waals surface area contributed by atoms with Crippen molar-refractivity contribution in [2.24, 2.45) is 0 Å². The number of carbonyl (C=O) groups is 1. The Balaban J connectivity index is 4.29. The topological polar surface area (TPSA) is 20.3 Å². The average Bonchev–Trinajstić information content (AvgIpc) is 1.98. The number of amides is 1. The second kappa shape index (κ2) is 4.85. The maximum absolute atomic E-state index is 11.9. The first-order chi connectivity index (χ1) is 5.50. The lowest BCUT2D eigenvalue weighted by atomic mass is 10.3. The summed E-state index contributed by atoms with van der Waals surface area (Å²) < 4.78 is 23.9. The molecule has 0 atom stereocenters. The lowest BCUT2D eigenvalue weighted by molar-refractivity contribution is -0.143. The SMILES string of the molecule is C=CCN(C(=O)C(F)F)C(C)C. The number of hydrogen-bond acceptors (Lipinski definition) is 1. The summed E-state index contributed by atoms with van der Waals surface area (Å²) in [6.45, 7) is 6.92. The van der Waals surface area contributed by atoms with Crippen molar-refractivity contribution in [1.82, 2.24) is 4.90 Å². The highest BCUT2D eigenvalue weighted by Crippen LogP contribution is 2.05. The van der Waals surface area contributed by atoms with Gasteiger partial charge in [0.1, 0.15) is 0 Å². The van der Waals surface area contributed by atoms with Gasteiger partial charge in [0.2, 0.25) is 0 Å². The Kier molecular flexibility index (Phi) is 4.47. The van der Waals surface area contributed by atoms with Gasteiger partial charge in [0, 0.05) is 12.6 Å². The lowest BCUT2D eigenvalue weighted by Gasteiger charge is -2.24. The van der Waals surface area contributed by atoms with Crippen LogP contribution in [0.3, 0.4) is 0 Å². The van der Waals surface area contributed by atoms with E-state index < -0.39 is 12.3 Å². The molecule has 0 saturated carbocycles. The summed E-state index contributed by atoms with van der Waals surface area (Å²) in [4.78, 5) is 11.9. The molecule has 0 bridgehead atoms. The summed E-state index contributed by atoms with van der Waals surface area (Å²) >= 11 is 0. The highest BCUT2D eigenvalue weighted by molar-refractivity contribution is 5.79. The van der Waals surface area contributed by atoms with Gasteiger partial charge >= 0.3 is 6.43 Å². The van der Waals surface area contributed by atoms with Crippen LogP contribution < -0.4 is 0 Å². The lowest BCUT2D eigenvalue weighted by Crippen LogP contribution is -2.40. The van der Waals surface area contributed by atoms with E-state index in [0.29, 0.717) is 0 Å². The molecule has 0 rings (SSSR count). The Labute approximate surface area is 70.9 Å². The molecular formula is C8H13F2NO. The van der Waals surface area contributed by atoms with E-state index >= 15 is 0 Å². The molecule has 0 fully saturated rings. The number of alkyl halides is 2. The van der Waals surface area contributed by atoms with Crippen molar-refractivity contribution < 1.29 is 13.6 Å². The number of nitrogens with zero attached hydrogens (tertiary/aromatic N) is 1. The molecule has 2 nitrogen and oxygen atoms in total. The molecule has 0 heterocycles. The van der Waals surface area contributed by atoms with E-state index in [1.165, 1.54) is 6.08 Å². The maximum Gasteiger partial charge on any atom is 0.315 e. The molecule has 0 aliphatic carbocycles. The van der Waals surface area contributed by atoms with Crippen molar-refractivity contribution >= 4 is 5.91 Å². The van der Waals surface area contributed by atoms with Gasteiger partial charge in [0.15, 0.2) is 0 Å². The largest absolute Gasteiger partial charge is 0.332 e. The van der Waals surface area contributed by atoms with Crippen LogP contribution in [0.15, 0.2) is 12.7 Å². The zero-order chi connectivity index (χ0) is 9.72. The van der Waals surface area contributed by atoms with E-state index in [-0.39, 0.29) is 12.6 Å². The Hall–Kier alpha value is -0.930. The van der Waals surface area contributed by atoms with Crippen LogP contribution in [0.1, 0.15) is 13.8 Å². The van der Waals surface area contributed by atoms with Crippen LogP contribution in [0.2, 0.25) is 0 Å². The summed E-state index contributed by atoms with van der Waals surface area (Å²) in [7, 11) is 0. The standard InChI is InChI=1S/C8H13F2NO/c1-4-5-11(6(2)3)8(12)7(9)10/h4,6-7H,1,5H2,2-3H3. The Morgan fingerprint density at radius 1 is 1.58 bits per heavy atom. The molecule has 70 valence electrons. The zero-order valence-electron chi connectivity index (χ0n) is 7.26. The van der Waals surface area contributed by atoms with Gasteiger partial charge in [-0.2, -0.15) is 8.78 Å². The molecular weight excluding hydrogens is 164 g/mol. The molecule has 4 heteroatoms. The normalized spacial score (nSPS) is 10.5. The molecule has 0 radical (unpaired) electrons. The summed E-state index contributed by atoms with van der Waals surface area (Å²) in [6.07, 6.45) is -1.49. The van der Waals surface area contributed by atoms with Gasteiger partial charge in [-0.25, -0.2) is 0 Å². The fraction of sp³-hybridized carbons (Fsp3) is 0.625. The van der Waals surface area contributed by atoms with E-state index in [2.05, 4.69) is 6.58 Å². The molecule has 12 heavy (non-hydrogen) atoms. The third-order valence-electron chi connectivity index (χ3n) is 1.42. The van der Waals surface area contributed by atoms with Crippen LogP contribution in [0, 0.1) is 0 Å². The van der Waals surface area contributed by atoms with E-state index in [9.17, 15) is 13.6 Å². The van der Waals surface area contributed by atoms with Crippen molar-refractivity contribution in [2.45, 2.75) is 26.3 Å². The average molecular weight is 177 g/mol. The minimum atomic E-state index is -2.92. The van der Waals surface area contributed by atoms with E-state index in [0.717, 1.165) is 4.90 Å². The predicted octanol–water partition coefficient (Wildman–Crippen LogP) is 1.67. The van der Waals surface area contributed by atoms with Crippen LogP contribution in [0.25, 0.3) is 0 Å². The Morgan fingerprint density at radius 2 is 2.08 bits per heavy atom. The molecule has 0 aliphatic heterocycles. The van der Waals surface area contributed by atoms with Crippen molar-refractivity contribution in [3.63, 3.8) is 0 Å². The van der Waals surface area contributed by atoms with Gasteiger partial charge in [-0.1, -0.05) is 6.08 Å². The second-order valence-electron chi connectivity index (χ2n) is 2.67. The molecule has 1 amide bonds. The molecule has 0 aliphatic rings. The smallest absolute Gasteiger partial charge is 0.315 e. The van der Waals surface area contributed by atoms with Crippen LogP contribution in [-0.2, 0) is 4.79 Å². The second-order valence-corrected chi connectivity index (χ2v) is 2.67. The molecule has 0 aromatic heterocycles. The van der Waals surface area contributed by atoms with E-state index in [1.807, 2.05) is 0 Å². The Bertz CT molecular complexity index is 168. The van der Waals surface area contributed by atoms with Crippen LogP contribution in [0.5, 0.6) is 0 Å². The number of rotatable bonds is 4. The van der Waals surface area contributed by atoms with Gasteiger partial charge < -0.3 is 4.90 Å². The van der Waals surface area contributed by atoms with Crippen LogP contribution in [-0.4, -0.2) is 29.8 Å². The van der Waals surface area contributed by atoms with Gasteiger partial charge in [-0.15, -0.1) is 6.58 Å². The molecule has 0 saturated heterocycles. The summed E-state index contributed by atoms with van der Waals surface area (Å²) in [5, 5.41) is 0. The molecule has 0 spiro atoms. The van der Waals surface area contributed by atoms with Crippen molar-refractivity contribution in [1.29, 1.82) is 0 Å². The monoisotopic (exact) mass is 177 g/mol. The molecule has 0 N–H and O–H groups in total. The summed E-state index contributed by atoms with van der Waals surface area (Å²) in [6, 6.07) is -0.218. The van der Waals surface area contributed by atoms with Crippen molar-refractivity contribution in [2.75, 3.05) is 6.54 Å². The summed E-state index contributed by atoms with van der Waals surface area (Å²) in [5.74, 6) is -1.13. The van der Waals surface area contributed by atoms with Crippen molar-refractivity contribution in [3.05, 3.63) is 12.7 Å². The predicted molar refractivity (Wildman–Crippen MR) is 43.1 cm³/mol. The number of hydrogen-bond donors (Lipinski definition) is 0. The quantitative estimate of drug-likeness (QED) is 0.598. The fourth-order valence-corrected chi connectivity index (χ4v) is 0.820. The first-order valence-electron chi connectivity index (χ1n) is 3.70. The van der Waals surface area contributed by atoms with Gasteiger partial charge in [-0.05, 0) is 13.8 Å². The van der Waals surface area contributed by atoms with Crippen molar-refractivity contribution in [3.8, 4) is 0 Å². The van der Waals surface area contributed by atoms with Gasteiger partial charge in [-0.3, -0.25) is 4.79 Å². The molecule has 0 aromatic carbocycles. The third kappa shape index (κ3) is 2.98. The zero-order valence-corrected chi connectivity index (χ0v) is 7.26. The Morgan fingerprint density at radius 3 is 2.33 bits per heavy atom. The van der Waals surface area contributed by atoms with Crippen LogP contribution in [0.4, 0.5) is 8.78 Å². The first kappa shape index (κ1) is 11.1. The van der Waals surface area contributed by atoms with E-state index in [4.69, 9.17) is 0 Å². The minimum absolute atomic E-state index is 0.168.